The number of aliphatic carboxylic acids is 1. The maximum Gasteiger partial charge on any atom is 0.311 e. The van der Waals surface area contributed by atoms with Crippen molar-refractivity contribution in [1.29, 1.82) is 0 Å². The van der Waals surface area contributed by atoms with Gasteiger partial charge >= 0.3 is 5.97 Å². The second-order valence-electron chi connectivity index (χ2n) is 4.14. The van der Waals surface area contributed by atoms with Crippen LogP contribution in [-0.4, -0.2) is 32.4 Å². The van der Waals surface area contributed by atoms with Crippen molar-refractivity contribution in [3.63, 3.8) is 0 Å². The minimum absolute atomic E-state index is 0.533. The molecule has 1 aliphatic rings. The van der Waals surface area contributed by atoms with Crippen LogP contribution in [0.3, 0.4) is 0 Å². The van der Waals surface area contributed by atoms with E-state index in [1.54, 1.807) is 20.3 Å². The fourth-order valence-electron chi connectivity index (χ4n) is 2.54. The van der Waals surface area contributed by atoms with Crippen molar-refractivity contribution in [3.05, 3.63) is 17.2 Å². The third-order valence-corrected chi connectivity index (χ3v) is 3.32. The molecule has 0 saturated carbocycles. The Morgan fingerprint density at radius 2 is 1.89 bits per heavy atom. The average Bonchev–Trinajstić information content (AvgIpc) is 2.81. The van der Waals surface area contributed by atoms with Gasteiger partial charge < -0.3 is 19.3 Å². The van der Waals surface area contributed by atoms with Crippen LogP contribution in [-0.2, 0) is 11.2 Å². The van der Waals surface area contributed by atoms with Gasteiger partial charge in [-0.2, -0.15) is 0 Å². The summed E-state index contributed by atoms with van der Waals surface area (Å²) >= 11 is 0. The first-order chi connectivity index (χ1) is 8.63. The number of carbonyl (C=O) groups is 1. The van der Waals surface area contributed by atoms with Gasteiger partial charge in [-0.3, -0.25) is 4.79 Å². The van der Waals surface area contributed by atoms with Gasteiger partial charge in [-0.15, -0.1) is 0 Å². The topological polar surface area (TPSA) is 65.0 Å². The molecule has 0 bridgehead atoms. The zero-order chi connectivity index (χ0) is 13.3. The highest BCUT2D eigenvalue weighted by Crippen LogP contribution is 2.48. The number of carboxylic acids is 1. The van der Waals surface area contributed by atoms with E-state index in [1.807, 2.05) is 0 Å². The molecule has 2 rings (SSSR count). The van der Waals surface area contributed by atoms with Gasteiger partial charge in [0.15, 0.2) is 11.5 Å². The van der Waals surface area contributed by atoms with Crippen LogP contribution in [0.1, 0.15) is 23.5 Å². The molecule has 1 aliphatic carbocycles. The number of methoxy groups -OCH3 is 3. The maximum atomic E-state index is 11.3. The van der Waals surface area contributed by atoms with E-state index < -0.39 is 11.9 Å². The smallest absolute Gasteiger partial charge is 0.311 e. The van der Waals surface area contributed by atoms with E-state index >= 15 is 0 Å². The van der Waals surface area contributed by atoms with Gasteiger partial charge in [-0.05, 0) is 12.8 Å². The molecule has 5 heteroatoms. The SMILES string of the molecule is COc1cc(OC)c2c(c1OC)CCC2C(=O)O. The van der Waals surface area contributed by atoms with Crippen LogP contribution in [0.4, 0.5) is 0 Å². The van der Waals surface area contributed by atoms with E-state index in [0.29, 0.717) is 35.7 Å². The van der Waals surface area contributed by atoms with Crippen molar-refractivity contribution < 1.29 is 24.1 Å². The highest BCUT2D eigenvalue weighted by atomic mass is 16.5. The highest BCUT2D eigenvalue weighted by Gasteiger charge is 2.35. The zero-order valence-electron chi connectivity index (χ0n) is 10.6. The van der Waals surface area contributed by atoms with Crippen molar-refractivity contribution in [1.82, 2.24) is 0 Å². The molecule has 0 saturated heterocycles. The lowest BCUT2D eigenvalue weighted by atomic mass is 9.99. The minimum Gasteiger partial charge on any atom is -0.496 e. The quantitative estimate of drug-likeness (QED) is 0.885. The van der Waals surface area contributed by atoms with Gasteiger partial charge in [0, 0.05) is 17.2 Å². The first-order valence-electron chi connectivity index (χ1n) is 5.68. The molecule has 0 aromatic heterocycles. The molecule has 0 fully saturated rings. The summed E-state index contributed by atoms with van der Waals surface area (Å²) in [5.74, 6) is 0.359. The van der Waals surface area contributed by atoms with E-state index in [9.17, 15) is 9.90 Å². The number of hydrogen-bond donors (Lipinski definition) is 1. The van der Waals surface area contributed by atoms with Crippen molar-refractivity contribution >= 4 is 5.97 Å². The van der Waals surface area contributed by atoms with Crippen molar-refractivity contribution in [2.24, 2.45) is 0 Å². The van der Waals surface area contributed by atoms with E-state index in [-0.39, 0.29) is 0 Å². The minimum atomic E-state index is -0.834. The number of fused-ring (bicyclic) bond motifs is 1. The molecule has 0 heterocycles. The van der Waals surface area contributed by atoms with Gasteiger partial charge in [-0.1, -0.05) is 0 Å². The third kappa shape index (κ3) is 1.75. The molecule has 1 aromatic rings. The number of benzene rings is 1. The summed E-state index contributed by atoms with van der Waals surface area (Å²) in [6.07, 6.45) is 1.22. The Balaban J connectivity index is 2.65. The fourth-order valence-corrected chi connectivity index (χ4v) is 2.54. The lowest BCUT2D eigenvalue weighted by molar-refractivity contribution is -0.138. The number of carboxylic acid groups (broad SMARTS) is 1. The first-order valence-corrected chi connectivity index (χ1v) is 5.68. The normalized spacial score (nSPS) is 17.2. The Morgan fingerprint density at radius 3 is 2.39 bits per heavy atom. The first kappa shape index (κ1) is 12.5. The molecule has 0 radical (unpaired) electrons. The van der Waals surface area contributed by atoms with Crippen molar-refractivity contribution in [2.45, 2.75) is 18.8 Å². The molecule has 0 spiro atoms. The molecule has 98 valence electrons. The van der Waals surface area contributed by atoms with Crippen LogP contribution in [0.15, 0.2) is 6.07 Å². The van der Waals surface area contributed by atoms with Gasteiger partial charge in [0.05, 0.1) is 27.2 Å². The maximum absolute atomic E-state index is 11.3. The van der Waals surface area contributed by atoms with Crippen LogP contribution in [0, 0.1) is 0 Å². The van der Waals surface area contributed by atoms with Gasteiger partial charge in [0.1, 0.15) is 5.75 Å². The molecule has 0 aliphatic heterocycles. The zero-order valence-corrected chi connectivity index (χ0v) is 10.6. The second-order valence-corrected chi connectivity index (χ2v) is 4.14. The Morgan fingerprint density at radius 1 is 1.22 bits per heavy atom. The predicted molar refractivity (Wildman–Crippen MR) is 64.8 cm³/mol. The number of ether oxygens (including phenoxy) is 3. The fraction of sp³-hybridized carbons (Fsp3) is 0.462. The molecule has 1 atom stereocenters. The summed E-state index contributed by atoms with van der Waals surface area (Å²) in [7, 11) is 4.63. The lowest BCUT2D eigenvalue weighted by Crippen LogP contribution is -2.09. The Labute approximate surface area is 105 Å². The van der Waals surface area contributed by atoms with Gasteiger partial charge in [0.25, 0.3) is 0 Å². The monoisotopic (exact) mass is 252 g/mol. The summed E-state index contributed by atoms with van der Waals surface area (Å²) in [5.41, 5.74) is 1.59. The van der Waals surface area contributed by atoms with Gasteiger partial charge in [-0.25, -0.2) is 0 Å². The summed E-state index contributed by atoms with van der Waals surface area (Å²) in [5, 5.41) is 9.24. The summed E-state index contributed by atoms with van der Waals surface area (Å²) in [6, 6.07) is 1.68. The molecule has 5 nitrogen and oxygen atoms in total. The van der Waals surface area contributed by atoms with Gasteiger partial charge in [0.2, 0.25) is 0 Å². The van der Waals surface area contributed by atoms with E-state index in [1.165, 1.54) is 7.11 Å². The van der Waals surface area contributed by atoms with E-state index in [4.69, 9.17) is 14.2 Å². The molecule has 1 aromatic carbocycles. The van der Waals surface area contributed by atoms with Crippen LogP contribution in [0.25, 0.3) is 0 Å². The molecule has 1 unspecified atom stereocenters. The summed E-state index contributed by atoms with van der Waals surface area (Å²) in [4.78, 5) is 11.3. The molecular weight excluding hydrogens is 236 g/mol. The van der Waals surface area contributed by atoms with E-state index in [0.717, 1.165) is 5.56 Å². The van der Waals surface area contributed by atoms with Crippen LogP contribution in [0.5, 0.6) is 17.2 Å². The predicted octanol–water partition coefficient (Wildman–Crippen LogP) is 1.83. The molecule has 1 N–H and O–H groups in total. The van der Waals surface area contributed by atoms with Crippen molar-refractivity contribution in [2.75, 3.05) is 21.3 Å². The average molecular weight is 252 g/mol. The third-order valence-electron chi connectivity index (χ3n) is 3.32. The van der Waals surface area contributed by atoms with E-state index in [2.05, 4.69) is 0 Å². The Kier molecular flexibility index (Phi) is 3.32. The molecule has 0 amide bonds. The standard InChI is InChI=1S/C13H16O5/c1-16-9-6-10(17-2)12(18-3)7-4-5-8(11(7)9)13(14)15/h6,8H,4-5H2,1-3H3,(H,14,15). The number of rotatable bonds is 4. The summed E-state index contributed by atoms with van der Waals surface area (Å²) < 4.78 is 15.9. The van der Waals surface area contributed by atoms with Crippen LogP contribution < -0.4 is 14.2 Å². The lowest BCUT2D eigenvalue weighted by Gasteiger charge is -2.17. The number of hydrogen-bond acceptors (Lipinski definition) is 4. The summed E-state index contributed by atoms with van der Waals surface area (Å²) in [6.45, 7) is 0. The Bertz CT molecular complexity index is 481. The Hall–Kier alpha value is -1.91. The second kappa shape index (κ2) is 4.76. The van der Waals surface area contributed by atoms with Crippen LogP contribution >= 0.6 is 0 Å². The molecule has 18 heavy (non-hydrogen) atoms. The largest absolute Gasteiger partial charge is 0.496 e. The van der Waals surface area contributed by atoms with Crippen molar-refractivity contribution in [3.8, 4) is 17.2 Å². The van der Waals surface area contributed by atoms with Crippen LogP contribution in [0.2, 0.25) is 0 Å². The molecular formula is C13H16O5. The highest BCUT2D eigenvalue weighted by molar-refractivity contribution is 5.80.